The average Bonchev–Trinajstić information content (AvgIpc) is 3.01. The van der Waals surface area contributed by atoms with Crippen LogP contribution in [-0.4, -0.2) is 76.3 Å². The highest BCUT2D eigenvalue weighted by molar-refractivity contribution is 5.89. The van der Waals surface area contributed by atoms with E-state index in [4.69, 9.17) is 4.74 Å². The number of hydrogen-bond acceptors (Lipinski definition) is 6. The number of urea groups is 1. The Morgan fingerprint density at radius 3 is 2.83 bits per heavy atom. The minimum Gasteiger partial charge on any atom is -0.437 e. The number of rotatable bonds is 2. The zero-order chi connectivity index (χ0) is 20.9. The molecule has 1 aromatic heterocycles. The Kier molecular flexibility index (Phi) is 4.23. The number of aryl methyl sites for hydroxylation is 1. The van der Waals surface area contributed by atoms with Crippen molar-refractivity contribution in [2.45, 2.75) is 18.6 Å². The van der Waals surface area contributed by atoms with E-state index in [1.807, 2.05) is 17.9 Å². The van der Waals surface area contributed by atoms with Crippen LogP contribution in [0.15, 0.2) is 36.5 Å². The van der Waals surface area contributed by atoms with Gasteiger partial charge in [0, 0.05) is 25.8 Å². The van der Waals surface area contributed by atoms with Gasteiger partial charge in [-0.2, -0.15) is 0 Å². The molecule has 0 aliphatic carbocycles. The molecule has 3 aliphatic rings. The first-order chi connectivity index (χ1) is 14.4. The molecule has 156 valence electrons. The van der Waals surface area contributed by atoms with Crippen LogP contribution in [0.4, 0.5) is 25.5 Å². The molecule has 0 saturated carbocycles. The summed E-state index contributed by atoms with van der Waals surface area (Å²) in [5.41, 5.74) is -0.556. The van der Waals surface area contributed by atoms with Gasteiger partial charge < -0.3 is 19.9 Å². The van der Waals surface area contributed by atoms with Gasteiger partial charge in [-0.3, -0.25) is 4.90 Å². The van der Waals surface area contributed by atoms with E-state index in [1.54, 1.807) is 28.1 Å². The summed E-state index contributed by atoms with van der Waals surface area (Å²) in [6.45, 7) is 3.88. The van der Waals surface area contributed by atoms with Crippen LogP contribution >= 0.6 is 0 Å². The predicted molar refractivity (Wildman–Crippen MR) is 106 cm³/mol. The van der Waals surface area contributed by atoms with Crippen molar-refractivity contribution >= 4 is 23.6 Å². The lowest BCUT2D eigenvalue weighted by molar-refractivity contribution is -0.00308. The molecule has 3 amide bonds. The van der Waals surface area contributed by atoms with E-state index in [2.05, 4.69) is 15.3 Å². The van der Waals surface area contributed by atoms with Gasteiger partial charge in [-0.1, -0.05) is 12.1 Å². The topological polar surface area (TPSA) is 90.9 Å². The minimum absolute atomic E-state index is 0.132. The summed E-state index contributed by atoms with van der Waals surface area (Å²) in [5, 5.41) is 2.62. The summed E-state index contributed by atoms with van der Waals surface area (Å²) in [4.78, 5) is 39.0. The second-order valence-electron chi connectivity index (χ2n) is 7.82. The van der Waals surface area contributed by atoms with Crippen LogP contribution < -0.4 is 10.2 Å². The summed E-state index contributed by atoms with van der Waals surface area (Å²) >= 11 is 0. The van der Waals surface area contributed by atoms with E-state index < -0.39 is 17.4 Å². The van der Waals surface area contributed by atoms with Crippen molar-refractivity contribution in [3.8, 4) is 0 Å². The van der Waals surface area contributed by atoms with Crippen molar-refractivity contribution in [1.82, 2.24) is 19.8 Å². The molecule has 1 N–H and O–H groups in total. The third-order valence-electron chi connectivity index (χ3n) is 5.92. The number of fused-ring (bicyclic) bond motifs is 2. The van der Waals surface area contributed by atoms with E-state index in [9.17, 15) is 14.0 Å². The van der Waals surface area contributed by atoms with Gasteiger partial charge in [0.1, 0.15) is 17.5 Å². The number of benzene rings is 1. The summed E-state index contributed by atoms with van der Waals surface area (Å²) in [6.07, 6.45) is 1.35. The Morgan fingerprint density at radius 1 is 1.27 bits per heavy atom. The van der Waals surface area contributed by atoms with Gasteiger partial charge >= 0.3 is 12.1 Å². The predicted octanol–water partition coefficient (Wildman–Crippen LogP) is 1.85. The molecular weight excluding hydrogens is 391 g/mol. The SMILES string of the molecule is Cc1nccc(N2CC3(C2)OC(=O)N2CCN(C(=O)Nc4ccccc4F)CC23)n1. The van der Waals surface area contributed by atoms with Crippen LogP contribution in [0.3, 0.4) is 0 Å². The molecular formula is C20H21FN6O3. The molecule has 0 radical (unpaired) electrons. The number of hydrogen-bond donors (Lipinski definition) is 1. The van der Waals surface area contributed by atoms with Gasteiger partial charge in [-0.25, -0.2) is 23.9 Å². The van der Waals surface area contributed by atoms with Crippen LogP contribution in [0.2, 0.25) is 0 Å². The quantitative estimate of drug-likeness (QED) is 0.810. The van der Waals surface area contributed by atoms with Crippen molar-refractivity contribution in [1.29, 1.82) is 0 Å². The molecule has 10 heteroatoms. The van der Waals surface area contributed by atoms with Gasteiger partial charge in [-0.05, 0) is 25.1 Å². The Labute approximate surface area is 172 Å². The van der Waals surface area contributed by atoms with Gasteiger partial charge in [0.2, 0.25) is 0 Å². The van der Waals surface area contributed by atoms with E-state index in [-0.39, 0.29) is 17.8 Å². The molecule has 3 saturated heterocycles. The summed E-state index contributed by atoms with van der Waals surface area (Å²) < 4.78 is 19.6. The lowest BCUT2D eigenvalue weighted by Gasteiger charge is -2.51. The Hall–Kier alpha value is -3.43. The van der Waals surface area contributed by atoms with Gasteiger partial charge in [-0.15, -0.1) is 0 Å². The van der Waals surface area contributed by atoms with Crippen LogP contribution in [0, 0.1) is 12.7 Å². The molecule has 1 unspecified atom stereocenters. The number of piperazine rings is 1. The number of carbonyl (C=O) groups excluding carboxylic acids is 2. The largest absolute Gasteiger partial charge is 0.437 e. The van der Waals surface area contributed by atoms with Crippen LogP contribution in [-0.2, 0) is 4.74 Å². The maximum Gasteiger partial charge on any atom is 0.411 e. The molecule has 4 heterocycles. The highest BCUT2D eigenvalue weighted by Crippen LogP contribution is 2.41. The zero-order valence-electron chi connectivity index (χ0n) is 16.4. The number of anilines is 2. The molecule has 30 heavy (non-hydrogen) atoms. The van der Waals surface area contributed by atoms with Crippen LogP contribution in [0.25, 0.3) is 0 Å². The third-order valence-corrected chi connectivity index (χ3v) is 5.92. The van der Waals surface area contributed by atoms with E-state index in [0.717, 1.165) is 5.82 Å². The summed E-state index contributed by atoms with van der Waals surface area (Å²) in [6, 6.07) is 7.21. The van der Waals surface area contributed by atoms with Crippen molar-refractivity contribution < 1.29 is 18.7 Å². The first kappa shape index (κ1) is 18.6. The normalized spacial score (nSPS) is 21.9. The number of aromatic nitrogens is 2. The van der Waals surface area contributed by atoms with Crippen LogP contribution in [0.5, 0.6) is 0 Å². The number of amides is 3. The highest BCUT2D eigenvalue weighted by Gasteiger charge is 2.62. The smallest absolute Gasteiger partial charge is 0.411 e. The van der Waals surface area contributed by atoms with Gasteiger partial charge in [0.05, 0.1) is 24.8 Å². The number of nitrogens with zero attached hydrogens (tertiary/aromatic N) is 5. The lowest BCUT2D eigenvalue weighted by atomic mass is 9.84. The molecule has 1 aromatic carbocycles. The van der Waals surface area contributed by atoms with Crippen molar-refractivity contribution in [2.24, 2.45) is 0 Å². The third kappa shape index (κ3) is 2.99. The standard InChI is InChI=1S/C20H21FN6O3/c1-13-22-7-6-17(23-13)26-11-20(12-26)16-10-25(8-9-27(16)19(29)30-20)18(28)24-15-5-3-2-4-14(15)21/h2-7,16H,8-12H2,1H3,(H,24,28). The first-order valence-electron chi connectivity index (χ1n) is 9.80. The lowest BCUT2D eigenvalue weighted by Crippen LogP contribution is -2.71. The fourth-order valence-electron chi connectivity index (χ4n) is 4.35. The maximum atomic E-state index is 13.9. The minimum atomic E-state index is -0.688. The van der Waals surface area contributed by atoms with E-state index >= 15 is 0 Å². The van der Waals surface area contributed by atoms with Crippen LogP contribution in [0.1, 0.15) is 5.82 Å². The average molecular weight is 412 g/mol. The fraction of sp³-hybridized carbons (Fsp3) is 0.400. The fourth-order valence-corrected chi connectivity index (χ4v) is 4.35. The zero-order valence-corrected chi connectivity index (χ0v) is 16.4. The number of halogens is 1. The van der Waals surface area contributed by atoms with Crippen molar-refractivity contribution in [3.05, 3.63) is 48.2 Å². The second-order valence-corrected chi connectivity index (χ2v) is 7.82. The molecule has 2 aromatic rings. The molecule has 1 atom stereocenters. The monoisotopic (exact) mass is 412 g/mol. The van der Waals surface area contributed by atoms with E-state index in [0.29, 0.717) is 38.5 Å². The van der Waals surface area contributed by atoms with Gasteiger partial charge in [0.15, 0.2) is 5.60 Å². The molecule has 3 fully saturated rings. The highest BCUT2D eigenvalue weighted by atomic mass is 19.1. The van der Waals surface area contributed by atoms with Crippen molar-refractivity contribution in [2.75, 3.05) is 42.9 Å². The molecule has 3 aliphatic heterocycles. The molecule has 0 bridgehead atoms. The summed E-state index contributed by atoms with van der Waals surface area (Å²) in [7, 11) is 0. The Morgan fingerprint density at radius 2 is 2.07 bits per heavy atom. The number of carbonyl (C=O) groups is 2. The van der Waals surface area contributed by atoms with E-state index in [1.165, 1.54) is 12.1 Å². The molecule has 1 spiro atoms. The first-order valence-corrected chi connectivity index (χ1v) is 9.80. The Bertz CT molecular complexity index is 1010. The number of para-hydroxylation sites is 1. The molecule has 9 nitrogen and oxygen atoms in total. The van der Waals surface area contributed by atoms with Crippen molar-refractivity contribution in [3.63, 3.8) is 0 Å². The maximum absolute atomic E-state index is 13.9. The summed E-state index contributed by atoms with van der Waals surface area (Å²) in [5.74, 6) is 0.967. The number of ether oxygens (including phenoxy) is 1. The van der Waals surface area contributed by atoms with Gasteiger partial charge in [0.25, 0.3) is 0 Å². The Balaban J connectivity index is 1.30. The second kappa shape index (κ2) is 6.82. The molecule has 5 rings (SSSR count). The number of nitrogens with one attached hydrogen (secondary N) is 1.